The molecule has 0 atom stereocenters. The lowest BCUT2D eigenvalue weighted by molar-refractivity contribution is -0.138. The molecule has 176 valence electrons. The van der Waals surface area contributed by atoms with Gasteiger partial charge in [0.05, 0.1) is 26.4 Å². The fourth-order valence-electron chi connectivity index (χ4n) is 2.77. The van der Waals surface area contributed by atoms with Crippen LogP contribution in [0.5, 0.6) is 11.5 Å². The van der Waals surface area contributed by atoms with Crippen LogP contribution in [-0.4, -0.2) is 44.7 Å². The van der Waals surface area contributed by atoms with Gasteiger partial charge >= 0.3 is 11.9 Å². The summed E-state index contributed by atoms with van der Waals surface area (Å²) in [5.41, 5.74) is 0.533. The van der Waals surface area contributed by atoms with Crippen molar-refractivity contribution in [2.24, 2.45) is 0 Å². The van der Waals surface area contributed by atoms with Gasteiger partial charge in [0.15, 0.2) is 11.5 Å². The summed E-state index contributed by atoms with van der Waals surface area (Å²) in [4.78, 5) is 33.0. The Bertz CT molecular complexity index is 727. The maximum absolute atomic E-state index is 11.1. The van der Waals surface area contributed by atoms with E-state index >= 15 is 0 Å². The van der Waals surface area contributed by atoms with Crippen molar-refractivity contribution in [1.29, 1.82) is 0 Å². The van der Waals surface area contributed by atoms with Gasteiger partial charge in [-0.1, -0.05) is 13.2 Å². The molecule has 32 heavy (non-hydrogen) atoms. The summed E-state index contributed by atoms with van der Waals surface area (Å²) in [6.45, 7) is 8.55. The smallest absolute Gasteiger partial charge is 0.330 e. The molecule has 0 heterocycles. The second-order valence-corrected chi connectivity index (χ2v) is 7.09. The van der Waals surface area contributed by atoms with Crippen molar-refractivity contribution in [1.82, 2.24) is 0 Å². The number of hydrogen-bond acceptors (Lipinski definition) is 7. The molecule has 1 aromatic carbocycles. The van der Waals surface area contributed by atoms with E-state index < -0.39 is 11.9 Å². The predicted octanol–water partition coefficient (Wildman–Crippen LogP) is 4.84. The molecule has 0 amide bonds. The van der Waals surface area contributed by atoms with Gasteiger partial charge in [0, 0.05) is 17.7 Å². The summed E-state index contributed by atoms with van der Waals surface area (Å²) < 4.78 is 21.6. The molecule has 0 saturated carbocycles. The van der Waals surface area contributed by atoms with Gasteiger partial charge < -0.3 is 18.9 Å². The van der Waals surface area contributed by atoms with Crippen LogP contribution in [0, 0.1) is 0 Å². The Balaban J connectivity index is 2.26. The molecular weight excluding hydrogens is 412 g/mol. The van der Waals surface area contributed by atoms with Crippen LogP contribution in [0.2, 0.25) is 0 Å². The number of carbonyl (C=O) groups is 3. The Kier molecular flexibility index (Phi) is 14.8. The summed E-state index contributed by atoms with van der Waals surface area (Å²) in [6.07, 6.45) is 10.2. The molecule has 7 nitrogen and oxygen atoms in total. The van der Waals surface area contributed by atoms with Crippen molar-refractivity contribution in [3.8, 4) is 11.5 Å². The van der Waals surface area contributed by atoms with E-state index in [2.05, 4.69) is 13.2 Å². The molecule has 0 aliphatic rings. The lowest BCUT2D eigenvalue weighted by atomic mass is 10.2. The van der Waals surface area contributed by atoms with E-state index in [9.17, 15) is 14.4 Å². The zero-order chi connectivity index (χ0) is 23.4. The van der Waals surface area contributed by atoms with E-state index in [0.29, 0.717) is 43.5 Å². The van der Waals surface area contributed by atoms with Crippen molar-refractivity contribution < 1.29 is 33.3 Å². The number of aldehydes is 1. The Morgan fingerprint density at radius 1 is 0.688 bits per heavy atom. The molecule has 1 rings (SSSR count). The minimum Gasteiger partial charge on any atom is -0.490 e. The average Bonchev–Trinajstić information content (AvgIpc) is 2.82. The molecule has 0 aliphatic heterocycles. The lowest BCUT2D eigenvalue weighted by Crippen LogP contribution is -2.04. The molecule has 0 saturated heterocycles. The summed E-state index contributed by atoms with van der Waals surface area (Å²) >= 11 is 0. The zero-order valence-electron chi connectivity index (χ0n) is 18.7. The molecule has 0 spiro atoms. The van der Waals surface area contributed by atoms with Gasteiger partial charge in [0.1, 0.15) is 6.29 Å². The van der Waals surface area contributed by atoms with Crippen LogP contribution in [0.3, 0.4) is 0 Å². The van der Waals surface area contributed by atoms with Crippen LogP contribution in [0.25, 0.3) is 0 Å². The van der Waals surface area contributed by atoms with Gasteiger partial charge in [-0.25, -0.2) is 9.59 Å². The van der Waals surface area contributed by atoms with Crippen LogP contribution < -0.4 is 9.47 Å². The fraction of sp³-hybridized carbons (Fsp3) is 0.480. The topological polar surface area (TPSA) is 88.1 Å². The lowest BCUT2D eigenvalue weighted by Gasteiger charge is -2.13. The summed E-state index contributed by atoms with van der Waals surface area (Å²) in [5.74, 6) is 0.385. The third kappa shape index (κ3) is 12.6. The number of rotatable bonds is 19. The number of unbranched alkanes of at least 4 members (excludes halogenated alkanes) is 6. The second-order valence-electron chi connectivity index (χ2n) is 7.09. The largest absolute Gasteiger partial charge is 0.490 e. The van der Waals surface area contributed by atoms with Gasteiger partial charge in [0.2, 0.25) is 0 Å². The maximum atomic E-state index is 11.1. The molecule has 0 fully saturated rings. The Morgan fingerprint density at radius 3 is 1.62 bits per heavy atom. The highest BCUT2D eigenvalue weighted by Gasteiger charge is 2.07. The van der Waals surface area contributed by atoms with E-state index in [1.807, 2.05) is 0 Å². The SMILES string of the molecule is C=CC(=O)OCCCCCCOc1ccc(C=O)cc1OCCCCCCOC(=O)C=C. The van der Waals surface area contributed by atoms with E-state index in [-0.39, 0.29) is 0 Å². The van der Waals surface area contributed by atoms with Crippen molar-refractivity contribution >= 4 is 18.2 Å². The highest BCUT2D eigenvalue weighted by molar-refractivity contribution is 5.81. The molecule has 0 aromatic heterocycles. The third-order valence-corrected chi connectivity index (χ3v) is 4.52. The van der Waals surface area contributed by atoms with Crippen molar-refractivity contribution in [2.75, 3.05) is 26.4 Å². The van der Waals surface area contributed by atoms with Gasteiger partial charge in [-0.05, 0) is 69.6 Å². The first kappa shape index (κ1) is 26.9. The van der Waals surface area contributed by atoms with Crippen LogP contribution in [-0.2, 0) is 19.1 Å². The molecule has 7 heteroatoms. The first-order valence-corrected chi connectivity index (χ1v) is 11.0. The summed E-state index contributed by atoms with van der Waals surface area (Å²) in [5, 5.41) is 0. The van der Waals surface area contributed by atoms with Gasteiger partial charge in [-0.3, -0.25) is 4.79 Å². The molecule has 0 bridgehead atoms. The van der Waals surface area contributed by atoms with Gasteiger partial charge in [-0.15, -0.1) is 0 Å². The highest BCUT2D eigenvalue weighted by Crippen LogP contribution is 2.28. The number of benzene rings is 1. The van der Waals surface area contributed by atoms with E-state index in [1.165, 1.54) is 0 Å². The summed E-state index contributed by atoms with van der Waals surface area (Å²) in [7, 11) is 0. The molecule has 0 unspecified atom stereocenters. The first-order valence-electron chi connectivity index (χ1n) is 11.0. The van der Waals surface area contributed by atoms with Gasteiger partial charge in [0.25, 0.3) is 0 Å². The Hall–Kier alpha value is -3.09. The van der Waals surface area contributed by atoms with Crippen LogP contribution in [0.1, 0.15) is 61.7 Å². The molecule has 0 radical (unpaired) electrons. The van der Waals surface area contributed by atoms with Crippen LogP contribution in [0.4, 0.5) is 0 Å². The highest BCUT2D eigenvalue weighted by atomic mass is 16.5. The maximum Gasteiger partial charge on any atom is 0.330 e. The quantitative estimate of drug-likeness (QED) is 0.130. The standard InChI is InChI=1S/C25H34O7/c1-3-24(27)31-17-11-7-5-9-15-29-22-14-13-21(20-26)19-23(22)30-16-10-6-8-12-18-32-25(28)4-2/h3-4,13-14,19-20H,1-2,5-12,15-18H2. The van der Waals surface area contributed by atoms with E-state index in [4.69, 9.17) is 18.9 Å². The fourth-order valence-corrected chi connectivity index (χ4v) is 2.77. The molecular formula is C25H34O7. The second kappa shape index (κ2) is 17.6. The van der Waals surface area contributed by atoms with Crippen LogP contribution in [0.15, 0.2) is 43.5 Å². The van der Waals surface area contributed by atoms with Crippen LogP contribution >= 0.6 is 0 Å². The average molecular weight is 447 g/mol. The molecule has 1 aromatic rings. The van der Waals surface area contributed by atoms with Crippen molar-refractivity contribution in [3.05, 3.63) is 49.1 Å². The first-order chi connectivity index (χ1) is 15.6. The Morgan fingerprint density at radius 2 is 1.16 bits per heavy atom. The number of ether oxygens (including phenoxy) is 4. The normalized spacial score (nSPS) is 10.1. The van der Waals surface area contributed by atoms with Crippen molar-refractivity contribution in [3.63, 3.8) is 0 Å². The zero-order valence-corrected chi connectivity index (χ0v) is 18.7. The monoisotopic (exact) mass is 446 g/mol. The minimum atomic E-state index is -0.398. The van der Waals surface area contributed by atoms with E-state index in [1.54, 1.807) is 18.2 Å². The van der Waals surface area contributed by atoms with Gasteiger partial charge in [-0.2, -0.15) is 0 Å². The third-order valence-electron chi connectivity index (χ3n) is 4.52. The predicted molar refractivity (Wildman–Crippen MR) is 122 cm³/mol. The van der Waals surface area contributed by atoms with E-state index in [0.717, 1.165) is 69.8 Å². The molecule has 0 N–H and O–H groups in total. The number of carbonyl (C=O) groups excluding carboxylic acids is 3. The summed E-state index contributed by atoms with van der Waals surface area (Å²) in [6, 6.07) is 5.14. The minimum absolute atomic E-state index is 0.394. The molecule has 0 aliphatic carbocycles. The Labute approximate surface area is 190 Å². The number of hydrogen-bond donors (Lipinski definition) is 0. The number of esters is 2. The van der Waals surface area contributed by atoms with Crippen molar-refractivity contribution in [2.45, 2.75) is 51.4 Å².